The van der Waals surface area contributed by atoms with Crippen LogP contribution < -0.4 is 0 Å². The summed E-state index contributed by atoms with van der Waals surface area (Å²) in [4.78, 5) is 18.9. The van der Waals surface area contributed by atoms with Crippen LogP contribution in [-0.2, 0) is 4.79 Å². The number of nitrogens with zero attached hydrogens (tertiary/aromatic N) is 3. The monoisotopic (exact) mass is 336 g/mol. The van der Waals surface area contributed by atoms with Crippen LogP contribution in [0.4, 0.5) is 0 Å². The van der Waals surface area contributed by atoms with Gasteiger partial charge in [0.05, 0.1) is 6.20 Å². The van der Waals surface area contributed by atoms with Crippen molar-refractivity contribution in [3.8, 4) is 11.1 Å². The van der Waals surface area contributed by atoms with Crippen molar-refractivity contribution in [3.63, 3.8) is 0 Å². The molecule has 1 aliphatic heterocycles. The molecular weight excluding hydrogens is 312 g/mol. The van der Waals surface area contributed by atoms with Gasteiger partial charge < -0.3 is 4.90 Å². The third-order valence-electron chi connectivity index (χ3n) is 5.49. The number of nitrogens with one attached hydrogen (secondary N) is 1. The molecule has 5 nitrogen and oxygen atoms in total. The van der Waals surface area contributed by atoms with Gasteiger partial charge in [-0.15, -0.1) is 0 Å². The number of hydrogen-bond acceptors (Lipinski definition) is 3. The van der Waals surface area contributed by atoms with Crippen molar-refractivity contribution in [2.24, 2.45) is 5.92 Å². The van der Waals surface area contributed by atoms with Crippen molar-refractivity contribution in [3.05, 3.63) is 48.6 Å². The van der Waals surface area contributed by atoms with Crippen LogP contribution >= 0.6 is 0 Å². The maximum Gasteiger partial charge on any atom is 0.226 e. The molecule has 4 rings (SSSR count). The zero-order chi connectivity index (χ0) is 17.1. The highest BCUT2D eigenvalue weighted by Crippen LogP contribution is 2.34. The number of likely N-dealkylation sites (tertiary alicyclic amines) is 1. The van der Waals surface area contributed by atoms with E-state index in [1.165, 1.54) is 5.69 Å². The minimum atomic E-state index is 0.195. The van der Waals surface area contributed by atoms with Gasteiger partial charge in [0, 0.05) is 48.6 Å². The molecule has 0 radical (unpaired) electrons. The second-order valence-electron chi connectivity index (χ2n) is 7.01. The van der Waals surface area contributed by atoms with Crippen LogP contribution in [-0.4, -0.2) is 39.1 Å². The minimum absolute atomic E-state index is 0.195. The SMILES string of the molecule is O=C([C@H]1CC=CCC1)N1CCC(c2[nH]ncc2-c2ccncc2)CC1. The molecule has 0 unspecified atom stereocenters. The largest absolute Gasteiger partial charge is 0.342 e. The lowest BCUT2D eigenvalue weighted by atomic mass is 9.88. The number of aromatic amines is 1. The number of rotatable bonds is 3. The molecule has 1 atom stereocenters. The first-order valence-corrected chi connectivity index (χ1v) is 9.20. The van der Waals surface area contributed by atoms with E-state index in [0.29, 0.717) is 11.8 Å². The number of aromatic nitrogens is 3. The van der Waals surface area contributed by atoms with Gasteiger partial charge in [0.15, 0.2) is 0 Å². The molecule has 1 saturated heterocycles. The molecule has 5 heteroatoms. The van der Waals surface area contributed by atoms with Crippen molar-refractivity contribution < 1.29 is 4.79 Å². The quantitative estimate of drug-likeness (QED) is 0.872. The molecule has 3 heterocycles. The van der Waals surface area contributed by atoms with Gasteiger partial charge in [-0.25, -0.2) is 0 Å². The van der Waals surface area contributed by atoms with E-state index in [-0.39, 0.29) is 5.92 Å². The van der Waals surface area contributed by atoms with Gasteiger partial charge in [-0.1, -0.05) is 12.2 Å². The summed E-state index contributed by atoms with van der Waals surface area (Å²) >= 11 is 0. The highest BCUT2D eigenvalue weighted by molar-refractivity contribution is 5.79. The molecule has 130 valence electrons. The lowest BCUT2D eigenvalue weighted by molar-refractivity contribution is -0.136. The van der Waals surface area contributed by atoms with Crippen LogP contribution in [0.15, 0.2) is 42.9 Å². The Morgan fingerprint density at radius 3 is 2.64 bits per heavy atom. The Balaban J connectivity index is 1.42. The predicted molar refractivity (Wildman–Crippen MR) is 96.9 cm³/mol. The zero-order valence-electron chi connectivity index (χ0n) is 14.4. The molecule has 1 fully saturated rings. The standard InChI is InChI=1S/C20H24N4O/c25-20(17-4-2-1-3-5-17)24-12-8-16(9-13-24)19-18(14-22-23-19)15-6-10-21-11-7-15/h1-2,6-7,10-11,14,16-17H,3-5,8-9,12-13H2,(H,22,23)/t17-/m0/s1. The van der Waals surface area contributed by atoms with Gasteiger partial charge in [-0.05, 0) is 49.8 Å². The average molecular weight is 336 g/mol. The van der Waals surface area contributed by atoms with E-state index >= 15 is 0 Å². The fourth-order valence-corrected chi connectivity index (χ4v) is 4.03. The number of pyridine rings is 1. The number of carbonyl (C=O) groups is 1. The Morgan fingerprint density at radius 1 is 1.12 bits per heavy atom. The number of allylic oxidation sites excluding steroid dienone is 2. The first kappa shape index (κ1) is 16.1. The first-order valence-electron chi connectivity index (χ1n) is 9.20. The highest BCUT2D eigenvalue weighted by atomic mass is 16.2. The lowest BCUT2D eigenvalue weighted by Gasteiger charge is -2.34. The third kappa shape index (κ3) is 3.36. The van der Waals surface area contributed by atoms with Crippen LogP contribution in [0.1, 0.15) is 43.7 Å². The summed E-state index contributed by atoms with van der Waals surface area (Å²) < 4.78 is 0. The van der Waals surface area contributed by atoms with Gasteiger partial charge >= 0.3 is 0 Å². The molecule has 1 aliphatic carbocycles. The van der Waals surface area contributed by atoms with E-state index in [4.69, 9.17) is 0 Å². The fraction of sp³-hybridized carbons (Fsp3) is 0.450. The number of carbonyl (C=O) groups excluding carboxylic acids is 1. The summed E-state index contributed by atoms with van der Waals surface area (Å²) in [6, 6.07) is 4.03. The Hall–Kier alpha value is -2.43. The van der Waals surface area contributed by atoms with Crippen molar-refractivity contribution in [1.82, 2.24) is 20.1 Å². The summed E-state index contributed by atoms with van der Waals surface area (Å²) in [5, 5.41) is 7.47. The summed E-state index contributed by atoms with van der Waals surface area (Å²) in [7, 11) is 0. The number of piperidine rings is 1. The number of amides is 1. The maximum atomic E-state index is 12.7. The van der Waals surface area contributed by atoms with Crippen molar-refractivity contribution >= 4 is 5.91 Å². The van der Waals surface area contributed by atoms with E-state index in [1.807, 2.05) is 30.7 Å². The summed E-state index contributed by atoms with van der Waals surface area (Å²) in [6.07, 6.45) is 14.8. The van der Waals surface area contributed by atoms with Crippen molar-refractivity contribution in [2.75, 3.05) is 13.1 Å². The van der Waals surface area contributed by atoms with E-state index in [2.05, 4.69) is 32.2 Å². The lowest BCUT2D eigenvalue weighted by Crippen LogP contribution is -2.41. The van der Waals surface area contributed by atoms with Gasteiger partial charge in [0.2, 0.25) is 5.91 Å². The first-order chi connectivity index (χ1) is 12.3. The second-order valence-corrected chi connectivity index (χ2v) is 7.01. The van der Waals surface area contributed by atoms with Gasteiger partial charge in [0.25, 0.3) is 0 Å². The average Bonchev–Trinajstić information content (AvgIpc) is 3.19. The van der Waals surface area contributed by atoms with Gasteiger partial charge in [-0.3, -0.25) is 14.9 Å². The molecule has 0 aromatic carbocycles. The van der Waals surface area contributed by atoms with Crippen LogP contribution in [0.5, 0.6) is 0 Å². The van der Waals surface area contributed by atoms with Gasteiger partial charge in [0.1, 0.15) is 0 Å². The Kier molecular flexibility index (Phi) is 4.63. The molecule has 2 aliphatic rings. The van der Waals surface area contributed by atoms with E-state index in [9.17, 15) is 4.79 Å². The highest BCUT2D eigenvalue weighted by Gasteiger charge is 2.30. The molecule has 25 heavy (non-hydrogen) atoms. The van der Waals surface area contributed by atoms with Crippen molar-refractivity contribution in [2.45, 2.75) is 38.0 Å². The smallest absolute Gasteiger partial charge is 0.226 e. The molecular formula is C20H24N4O. The molecule has 2 aromatic rings. The van der Waals surface area contributed by atoms with E-state index in [1.54, 1.807) is 0 Å². The second kappa shape index (κ2) is 7.21. The number of hydrogen-bond donors (Lipinski definition) is 1. The predicted octanol–water partition coefficient (Wildman–Crippen LogP) is 3.53. The van der Waals surface area contributed by atoms with E-state index in [0.717, 1.165) is 56.3 Å². The normalized spacial score (nSPS) is 21.4. The Bertz CT molecular complexity index is 744. The van der Waals surface area contributed by atoms with Crippen LogP contribution in [0, 0.1) is 5.92 Å². The topological polar surface area (TPSA) is 61.9 Å². The number of H-pyrrole nitrogens is 1. The molecule has 0 bridgehead atoms. The molecule has 0 saturated carbocycles. The Labute approximate surface area is 148 Å². The summed E-state index contributed by atoms with van der Waals surface area (Å²) in [6.45, 7) is 1.69. The minimum Gasteiger partial charge on any atom is -0.342 e. The molecule has 2 aromatic heterocycles. The summed E-state index contributed by atoms with van der Waals surface area (Å²) in [5.74, 6) is 0.976. The summed E-state index contributed by atoms with van der Waals surface area (Å²) in [5.41, 5.74) is 3.50. The molecule has 1 N–H and O–H groups in total. The van der Waals surface area contributed by atoms with Crippen molar-refractivity contribution in [1.29, 1.82) is 0 Å². The maximum absolute atomic E-state index is 12.7. The van der Waals surface area contributed by atoms with Gasteiger partial charge in [-0.2, -0.15) is 5.10 Å². The van der Waals surface area contributed by atoms with Crippen LogP contribution in [0.25, 0.3) is 11.1 Å². The Morgan fingerprint density at radius 2 is 1.92 bits per heavy atom. The van der Waals surface area contributed by atoms with E-state index < -0.39 is 0 Å². The third-order valence-corrected chi connectivity index (χ3v) is 5.49. The van der Waals surface area contributed by atoms with Crippen LogP contribution in [0.3, 0.4) is 0 Å². The molecule has 0 spiro atoms. The van der Waals surface area contributed by atoms with Crippen LogP contribution in [0.2, 0.25) is 0 Å². The fourth-order valence-electron chi connectivity index (χ4n) is 4.03. The molecule has 1 amide bonds. The zero-order valence-corrected chi connectivity index (χ0v) is 14.4.